The lowest BCUT2D eigenvalue weighted by Gasteiger charge is -2.18. The minimum absolute atomic E-state index is 0.162. The molecular formula is C13H19NO2. The predicted octanol–water partition coefficient (Wildman–Crippen LogP) is 1.83. The topological polar surface area (TPSA) is 44.5 Å². The van der Waals surface area contributed by atoms with Crippen LogP contribution in [0, 0.1) is 0 Å². The van der Waals surface area contributed by atoms with E-state index in [4.69, 9.17) is 15.2 Å². The van der Waals surface area contributed by atoms with Gasteiger partial charge in [0.15, 0.2) is 0 Å². The second-order valence-electron chi connectivity index (χ2n) is 4.45. The third kappa shape index (κ3) is 1.93. The van der Waals surface area contributed by atoms with Crippen molar-refractivity contribution in [2.45, 2.75) is 24.9 Å². The highest BCUT2D eigenvalue weighted by Crippen LogP contribution is 2.50. The molecule has 0 amide bonds. The maximum Gasteiger partial charge on any atom is 0.122 e. The zero-order chi connectivity index (χ0) is 11.6. The molecule has 1 aliphatic carbocycles. The van der Waals surface area contributed by atoms with Crippen LogP contribution in [0.2, 0.25) is 0 Å². The highest BCUT2D eigenvalue weighted by Gasteiger charge is 2.44. The van der Waals surface area contributed by atoms with Crippen molar-refractivity contribution in [3.63, 3.8) is 0 Å². The monoisotopic (exact) mass is 221 g/mol. The Labute approximate surface area is 96.5 Å². The summed E-state index contributed by atoms with van der Waals surface area (Å²) in [6.45, 7) is 1.33. The lowest BCUT2D eigenvalue weighted by atomic mass is 9.93. The van der Waals surface area contributed by atoms with E-state index in [0.29, 0.717) is 13.2 Å². The summed E-state index contributed by atoms with van der Waals surface area (Å²) in [7, 11) is 3.42. The number of hydrogen-bond acceptors (Lipinski definition) is 3. The number of rotatable bonds is 5. The molecular weight excluding hydrogens is 202 g/mol. The third-order valence-electron chi connectivity index (χ3n) is 3.39. The van der Waals surface area contributed by atoms with Crippen molar-refractivity contribution >= 4 is 0 Å². The van der Waals surface area contributed by atoms with E-state index in [-0.39, 0.29) is 5.41 Å². The maximum atomic E-state index is 5.86. The summed E-state index contributed by atoms with van der Waals surface area (Å²) >= 11 is 0. The van der Waals surface area contributed by atoms with Crippen molar-refractivity contribution in [1.29, 1.82) is 0 Å². The molecule has 2 N–H and O–H groups in total. The first-order valence-corrected chi connectivity index (χ1v) is 5.62. The predicted molar refractivity (Wildman–Crippen MR) is 63.7 cm³/mol. The first kappa shape index (κ1) is 11.4. The Balaban J connectivity index is 2.36. The van der Waals surface area contributed by atoms with E-state index in [1.165, 1.54) is 11.1 Å². The Bertz CT molecular complexity index is 372. The number of nitrogens with two attached hydrogens (primary N) is 1. The van der Waals surface area contributed by atoms with Gasteiger partial charge in [0.25, 0.3) is 0 Å². The summed E-state index contributed by atoms with van der Waals surface area (Å²) in [5, 5.41) is 0. The number of hydrogen-bond donors (Lipinski definition) is 1. The minimum Gasteiger partial charge on any atom is -0.496 e. The molecule has 0 spiro atoms. The minimum atomic E-state index is 0.162. The number of benzene rings is 1. The van der Waals surface area contributed by atoms with Crippen LogP contribution in [-0.2, 0) is 16.8 Å². The molecule has 88 valence electrons. The second kappa shape index (κ2) is 4.44. The molecule has 1 saturated carbocycles. The van der Waals surface area contributed by atoms with Gasteiger partial charge in [0.1, 0.15) is 5.75 Å². The molecule has 0 aliphatic heterocycles. The van der Waals surface area contributed by atoms with Crippen LogP contribution in [0.5, 0.6) is 5.75 Å². The van der Waals surface area contributed by atoms with Crippen molar-refractivity contribution in [3.05, 3.63) is 29.3 Å². The van der Waals surface area contributed by atoms with Crippen LogP contribution in [0.3, 0.4) is 0 Å². The molecule has 1 fully saturated rings. The average Bonchev–Trinajstić information content (AvgIpc) is 3.10. The Morgan fingerprint density at radius 1 is 1.31 bits per heavy atom. The molecule has 3 heteroatoms. The Hall–Kier alpha value is -1.06. The van der Waals surface area contributed by atoms with Gasteiger partial charge in [-0.3, -0.25) is 0 Å². The fraction of sp³-hybridized carbons (Fsp3) is 0.538. The quantitative estimate of drug-likeness (QED) is 0.825. The van der Waals surface area contributed by atoms with Crippen LogP contribution in [0.1, 0.15) is 24.0 Å². The van der Waals surface area contributed by atoms with Crippen LogP contribution in [0.4, 0.5) is 0 Å². The Kier molecular flexibility index (Phi) is 3.17. The van der Waals surface area contributed by atoms with Gasteiger partial charge >= 0.3 is 0 Å². The maximum absolute atomic E-state index is 5.86. The van der Waals surface area contributed by atoms with Crippen LogP contribution in [0.25, 0.3) is 0 Å². The van der Waals surface area contributed by atoms with E-state index >= 15 is 0 Å². The van der Waals surface area contributed by atoms with Crippen LogP contribution < -0.4 is 10.5 Å². The molecule has 16 heavy (non-hydrogen) atoms. The van der Waals surface area contributed by atoms with Gasteiger partial charge in [-0.25, -0.2) is 0 Å². The first-order chi connectivity index (χ1) is 7.75. The highest BCUT2D eigenvalue weighted by atomic mass is 16.5. The zero-order valence-electron chi connectivity index (χ0n) is 9.95. The Morgan fingerprint density at radius 3 is 2.56 bits per heavy atom. The van der Waals surface area contributed by atoms with E-state index in [9.17, 15) is 0 Å². The fourth-order valence-electron chi connectivity index (χ4n) is 2.16. The van der Waals surface area contributed by atoms with Crippen LogP contribution >= 0.6 is 0 Å². The van der Waals surface area contributed by atoms with Gasteiger partial charge < -0.3 is 15.2 Å². The van der Waals surface area contributed by atoms with E-state index in [1.807, 2.05) is 12.1 Å². The summed E-state index contributed by atoms with van der Waals surface area (Å²) < 4.78 is 10.6. The van der Waals surface area contributed by atoms with E-state index in [1.54, 1.807) is 14.2 Å². The lowest BCUT2D eigenvalue weighted by Crippen LogP contribution is -2.20. The van der Waals surface area contributed by atoms with Gasteiger partial charge in [0, 0.05) is 24.6 Å². The van der Waals surface area contributed by atoms with E-state index in [2.05, 4.69) is 6.07 Å². The number of ether oxygens (including phenoxy) is 2. The zero-order valence-corrected chi connectivity index (χ0v) is 9.95. The highest BCUT2D eigenvalue weighted by molar-refractivity contribution is 5.46. The molecule has 0 aromatic heterocycles. The van der Waals surface area contributed by atoms with E-state index < -0.39 is 0 Å². The van der Waals surface area contributed by atoms with Gasteiger partial charge in [-0.2, -0.15) is 0 Å². The molecule has 0 atom stereocenters. The van der Waals surface area contributed by atoms with Crippen molar-refractivity contribution in [2.75, 3.05) is 20.8 Å². The van der Waals surface area contributed by atoms with Crippen molar-refractivity contribution in [1.82, 2.24) is 0 Å². The first-order valence-electron chi connectivity index (χ1n) is 5.62. The lowest BCUT2D eigenvalue weighted by molar-refractivity contribution is 0.184. The largest absolute Gasteiger partial charge is 0.496 e. The third-order valence-corrected chi connectivity index (χ3v) is 3.39. The van der Waals surface area contributed by atoms with E-state index in [0.717, 1.165) is 18.6 Å². The van der Waals surface area contributed by atoms with Crippen molar-refractivity contribution in [3.8, 4) is 5.75 Å². The normalized spacial score (nSPS) is 17.2. The second-order valence-corrected chi connectivity index (χ2v) is 4.45. The summed E-state index contributed by atoms with van der Waals surface area (Å²) in [4.78, 5) is 0. The van der Waals surface area contributed by atoms with Gasteiger partial charge in [-0.1, -0.05) is 6.07 Å². The Morgan fingerprint density at radius 2 is 2.06 bits per heavy atom. The molecule has 1 aromatic carbocycles. The molecule has 1 aliphatic rings. The molecule has 2 rings (SSSR count). The van der Waals surface area contributed by atoms with Crippen LogP contribution in [0.15, 0.2) is 18.2 Å². The molecule has 0 saturated heterocycles. The SMILES string of the molecule is COCc1ccc(OC)c(C2(CN)CC2)c1. The summed E-state index contributed by atoms with van der Waals surface area (Å²) in [6.07, 6.45) is 2.33. The molecule has 0 radical (unpaired) electrons. The molecule has 0 unspecified atom stereocenters. The van der Waals surface area contributed by atoms with Gasteiger partial charge in [0.2, 0.25) is 0 Å². The molecule has 0 bridgehead atoms. The molecule has 1 aromatic rings. The van der Waals surface area contributed by atoms with Gasteiger partial charge in [0.05, 0.1) is 13.7 Å². The summed E-state index contributed by atoms with van der Waals surface area (Å²) in [5.41, 5.74) is 8.44. The summed E-state index contributed by atoms with van der Waals surface area (Å²) in [5.74, 6) is 0.947. The fourth-order valence-corrected chi connectivity index (χ4v) is 2.16. The number of methoxy groups -OCH3 is 2. The standard InChI is InChI=1S/C13H19NO2/c1-15-8-10-3-4-12(16-2)11(7-10)13(9-14)5-6-13/h3-4,7H,5-6,8-9,14H2,1-2H3. The molecule has 0 heterocycles. The smallest absolute Gasteiger partial charge is 0.122 e. The van der Waals surface area contributed by atoms with Gasteiger partial charge in [-0.15, -0.1) is 0 Å². The van der Waals surface area contributed by atoms with Crippen molar-refractivity contribution < 1.29 is 9.47 Å². The van der Waals surface area contributed by atoms with Gasteiger partial charge in [-0.05, 0) is 30.5 Å². The summed E-state index contributed by atoms with van der Waals surface area (Å²) in [6, 6.07) is 6.22. The van der Waals surface area contributed by atoms with Crippen LogP contribution in [-0.4, -0.2) is 20.8 Å². The average molecular weight is 221 g/mol. The molecule has 3 nitrogen and oxygen atoms in total. The van der Waals surface area contributed by atoms with Crippen molar-refractivity contribution in [2.24, 2.45) is 5.73 Å².